The number of nitrogens with one attached hydrogen (secondary N) is 2. The summed E-state index contributed by atoms with van der Waals surface area (Å²) in [4.78, 5) is 24.3. The van der Waals surface area contributed by atoms with E-state index in [0.29, 0.717) is 11.3 Å². The van der Waals surface area contributed by atoms with Gasteiger partial charge in [0.05, 0.1) is 0 Å². The number of benzene rings is 3. The molecule has 0 aromatic heterocycles. The number of carbonyl (C=O) groups excluding carboxylic acids is 2. The Bertz CT molecular complexity index is 870. The molecular weight excluding hydrogens is 356 g/mol. The lowest BCUT2D eigenvalue weighted by molar-refractivity contribution is 0.0969. The zero-order valence-electron chi connectivity index (χ0n) is 12.0. The van der Waals surface area contributed by atoms with Gasteiger partial charge in [-0.1, -0.05) is 52.3 Å². The van der Waals surface area contributed by atoms with E-state index in [9.17, 15) is 9.59 Å². The first-order chi connectivity index (χ1) is 11.1. The van der Waals surface area contributed by atoms with Gasteiger partial charge in [0.1, 0.15) is 0 Å². The number of urea groups is 1. The van der Waals surface area contributed by atoms with E-state index in [-0.39, 0.29) is 0 Å². The molecule has 2 N–H and O–H groups in total. The number of rotatable bonds is 2. The van der Waals surface area contributed by atoms with Crippen LogP contribution >= 0.6 is 15.9 Å². The third-order valence-corrected chi connectivity index (χ3v) is 3.89. The Balaban J connectivity index is 1.75. The summed E-state index contributed by atoms with van der Waals surface area (Å²) in [5, 5.41) is 6.74. The Morgan fingerprint density at radius 2 is 1.52 bits per heavy atom. The molecule has 3 aromatic carbocycles. The van der Waals surface area contributed by atoms with E-state index in [1.807, 2.05) is 42.5 Å². The Hall–Kier alpha value is -2.66. The van der Waals surface area contributed by atoms with Gasteiger partial charge in [-0.2, -0.15) is 0 Å². The second-order valence-corrected chi connectivity index (χ2v) is 5.86. The lowest BCUT2D eigenvalue weighted by atomic mass is 10.0. The maximum Gasteiger partial charge on any atom is 0.326 e. The van der Waals surface area contributed by atoms with Gasteiger partial charge in [-0.25, -0.2) is 4.79 Å². The molecule has 3 rings (SSSR count). The van der Waals surface area contributed by atoms with Crippen LogP contribution in [-0.4, -0.2) is 11.9 Å². The summed E-state index contributed by atoms with van der Waals surface area (Å²) in [7, 11) is 0. The van der Waals surface area contributed by atoms with E-state index in [2.05, 4.69) is 26.6 Å². The molecule has 0 saturated heterocycles. The zero-order valence-corrected chi connectivity index (χ0v) is 13.6. The molecule has 3 aromatic rings. The fourth-order valence-electron chi connectivity index (χ4n) is 2.29. The standard InChI is InChI=1S/C18H13BrN2O2/c19-13-8-10-14(11-9-13)20-18(23)21-17(22)16-7-3-5-12-4-1-2-6-15(12)16/h1-11H,(H2,20,21,22,23). The number of halogens is 1. The smallest absolute Gasteiger partial charge is 0.308 e. The molecule has 0 saturated carbocycles. The second-order valence-electron chi connectivity index (χ2n) is 4.94. The molecular formula is C18H13BrN2O2. The molecule has 0 aliphatic heterocycles. The van der Waals surface area contributed by atoms with E-state index >= 15 is 0 Å². The number of fused-ring (bicyclic) bond motifs is 1. The first-order valence-electron chi connectivity index (χ1n) is 6.99. The van der Waals surface area contributed by atoms with Crippen molar-refractivity contribution in [3.8, 4) is 0 Å². The Labute approximate surface area is 141 Å². The molecule has 114 valence electrons. The van der Waals surface area contributed by atoms with Crippen molar-refractivity contribution in [2.45, 2.75) is 0 Å². The SMILES string of the molecule is O=C(NC(=O)c1cccc2ccccc12)Nc1ccc(Br)cc1. The summed E-state index contributed by atoms with van der Waals surface area (Å²) >= 11 is 3.32. The first kappa shape index (κ1) is 15.2. The predicted molar refractivity (Wildman–Crippen MR) is 94.6 cm³/mol. The van der Waals surface area contributed by atoms with Crippen molar-refractivity contribution >= 4 is 44.3 Å². The minimum absolute atomic E-state index is 0.434. The predicted octanol–water partition coefficient (Wildman–Crippen LogP) is 4.56. The summed E-state index contributed by atoms with van der Waals surface area (Å²) in [6.45, 7) is 0. The number of amides is 3. The Morgan fingerprint density at radius 1 is 0.826 bits per heavy atom. The molecule has 0 fully saturated rings. The van der Waals surface area contributed by atoms with E-state index in [4.69, 9.17) is 0 Å². The van der Waals surface area contributed by atoms with Gasteiger partial charge in [-0.05, 0) is 41.1 Å². The Kier molecular flexibility index (Phi) is 4.39. The molecule has 0 atom stereocenters. The molecule has 0 bridgehead atoms. The van der Waals surface area contributed by atoms with Crippen molar-refractivity contribution in [3.05, 3.63) is 76.8 Å². The molecule has 23 heavy (non-hydrogen) atoms. The van der Waals surface area contributed by atoms with E-state index in [1.54, 1.807) is 24.3 Å². The van der Waals surface area contributed by atoms with E-state index < -0.39 is 11.9 Å². The van der Waals surface area contributed by atoms with Crippen LogP contribution in [0.3, 0.4) is 0 Å². The highest BCUT2D eigenvalue weighted by Gasteiger charge is 2.13. The summed E-state index contributed by atoms with van der Waals surface area (Å²) in [5.41, 5.74) is 1.07. The fourth-order valence-corrected chi connectivity index (χ4v) is 2.55. The lowest BCUT2D eigenvalue weighted by Gasteiger charge is -2.08. The minimum atomic E-state index is -0.565. The van der Waals surface area contributed by atoms with Crippen LogP contribution in [0.2, 0.25) is 0 Å². The van der Waals surface area contributed by atoms with Gasteiger partial charge >= 0.3 is 6.03 Å². The van der Waals surface area contributed by atoms with Crippen molar-refractivity contribution < 1.29 is 9.59 Å². The van der Waals surface area contributed by atoms with Crippen LogP contribution in [0, 0.1) is 0 Å². The van der Waals surface area contributed by atoms with Crippen LogP contribution in [0.25, 0.3) is 10.8 Å². The molecule has 0 aliphatic carbocycles. The summed E-state index contributed by atoms with van der Waals surface area (Å²) < 4.78 is 0.912. The van der Waals surface area contributed by atoms with E-state index in [1.165, 1.54) is 0 Å². The number of hydrogen-bond donors (Lipinski definition) is 2. The molecule has 0 unspecified atom stereocenters. The minimum Gasteiger partial charge on any atom is -0.308 e. The lowest BCUT2D eigenvalue weighted by Crippen LogP contribution is -2.34. The summed E-state index contributed by atoms with van der Waals surface area (Å²) in [6, 6.07) is 19.5. The van der Waals surface area contributed by atoms with Gasteiger partial charge in [0.15, 0.2) is 0 Å². The quantitative estimate of drug-likeness (QED) is 0.696. The average Bonchev–Trinajstić information content (AvgIpc) is 2.56. The van der Waals surface area contributed by atoms with Crippen molar-refractivity contribution in [2.24, 2.45) is 0 Å². The maximum absolute atomic E-state index is 12.3. The molecule has 5 heteroatoms. The third kappa shape index (κ3) is 3.57. The molecule has 4 nitrogen and oxygen atoms in total. The average molecular weight is 369 g/mol. The zero-order chi connectivity index (χ0) is 16.2. The molecule has 0 aliphatic rings. The highest BCUT2D eigenvalue weighted by Crippen LogP contribution is 2.18. The van der Waals surface area contributed by atoms with Gasteiger partial charge in [-0.3, -0.25) is 10.1 Å². The third-order valence-electron chi connectivity index (χ3n) is 3.36. The molecule has 3 amide bonds. The molecule has 0 heterocycles. The van der Waals surface area contributed by atoms with Gasteiger partial charge in [0.2, 0.25) is 0 Å². The van der Waals surface area contributed by atoms with Crippen molar-refractivity contribution in [2.75, 3.05) is 5.32 Å². The number of imide groups is 1. The van der Waals surface area contributed by atoms with Gasteiger partial charge in [0, 0.05) is 15.7 Å². The number of hydrogen-bond acceptors (Lipinski definition) is 2. The first-order valence-corrected chi connectivity index (χ1v) is 7.78. The van der Waals surface area contributed by atoms with Gasteiger partial charge < -0.3 is 5.32 Å². The normalized spacial score (nSPS) is 10.3. The highest BCUT2D eigenvalue weighted by atomic mass is 79.9. The van der Waals surface area contributed by atoms with Crippen LogP contribution in [-0.2, 0) is 0 Å². The fraction of sp³-hybridized carbons (Fsp3) is 0. The van der Waals surface area contributed by atoms with Crippen molar-refractivity contribution in [1.82, 2.24) is 5.32 Å². The van der Waals surface area contributed by atoms with Gasteiger partial charge in [0.25, 0.3) is 5.91 Å². The van der Waals surface area contributed by atoms with Crippen LogP contribution in [0.1, 0.15) is 10.4 Å². The van der Waals surface area contributed by atoms with Crippen molar-refractivity contribution in [1.29, 1.82) is 0 Å². The second kappa shape index (κ2) is 6.62. The highest BCUT2D eigenvalue weighted by molar-refractivity contribution is 9.10. The number of carbonyl (C=O) groups is 2. The van der Waals surface area contributed by atoms with Gasteiger partial charge in [-0.15, -0.1) is 0 Å². The van der Waals surface area contributed by atoms with Crippen LogP contribution < -0.4 is 10.6 Å². The van der Waals surface area contributed by atoms with Crippen molar-refractivity contribution in [3.63, 3.8) is 0 Å². The van der Waals surface area contributed by atoms with Crippen LogP contribution in [0.5, 0.6) is 0 Å². The Morgan fingerprint density at radius 3 is 2.30 bits per heavy atom. The number of anilines is 1. The summed E-state index contributed by atoms with van der Waals surface area (Å²) in [5.74, 6) is -0.434. The molecule has 0 spiro atoms. The van der Waals surface area contributed by atoms with Crippen LogP contribution in [0.15, 0.2) is 71.2 Å². The van der Waals surface area contributed by atoms with Crippen LogP contribution in [0.4, 0.5) is 10.5 Å². The largest absolute Gasteiger partial charge is 0.326 e. The maximum atomic E-state index is 12.3. The topological polar surface area (TPSA) is 58.2 Å². The monoisotopic (exact) mass is 368 g/mol. The van der Waals surface area contributed by atoms with E-state index in [0.717, 1.165) is 15.2 Å². The summed E-state index contributed by atoms with van der Waals surface area (Å²) in [6.07, 6.45) is 0. The molecule has 0 radical (unpaired) electrons.